The molecule has 0 unspecified atom stereocenters. The second-order valence-corrected chi connectivity index (χ2v) is 5.94. The topological polar surface area (TPSA) is 66.8 Å². The van der Waals surface area contributed by atoms with Gasteiger partial charge in [-0.2, -0.15) is 0 Å². The molecule has 7 heteroatoms. The van der Waals surface area contributed by atoms with Gasteiger partial charge in [-0.15, -0.1) is 0 Å². The Morgan fingerprint density at radius 3 is 2.54 bits per heavy atom. The van der Waals surface area contributed by atoms with Gasteiger partial charge in [0, 0.05) is 13.6 Å². The summed E-state index contributed by atoms with van der Waals surface area (Å²) in [4.78, 5) is 25.3. The van der Waals surface area contributed by atoms with Crippen LogP contribution in [-0.2, 0) is 16.1 Å². The van der Waals surface area contributed by atoms with Crippen molar-refractivity contribution in [3.8, 4) is 5.75 Å². The fourth-order valence-corrected chi connectivity index (χ4v) is 2.27. The van der Waals surface area contributed by atoms with E-state index in [-0.39, 0.29) is 17.2 Å². The summed E-state index contributed by atoms with van der Waals surface area (Å²) < 4.78 is 4.96. The van der Waals surface area contributed by atoms with Crippen molar-refractivity contribution in [3.05, 3.63) is 63.6 Å². The van der Waals surface area contributed by atoms with Crippen molar-refractivity contribution in [3.63, 3.8) is 0 Å². The van der Waals surface area contributed by atoms with Crippen LogP contribution in [0.2, 0.25) is 10.0 Å². The van der Waals surface area contributed by atoms with Crippen LogP contribution in [0, 0.1) is 0 Å². The number of esters is 1. The monoisotopic (exact) mass is 367 g/mol. The van der Waals surface area contributed by atoms with Gasteiger partial charge >= 0.3 is 5.97 Å². The van der Waals surface area contributed by atoms with Gasteiger partial charge in [-0.25, -0.2) is 4.79 Å². The number of carbonyl (C=O) groups is 2. The van der Waals surface area contributed by atoms with Crippen LogP contribution in [0.4, 0.5) is 0 Å². The summed E-state index contributed by atoms with van der Waals surface area (Å²) in [6.07, 6.45) is 0. The van der Waals surface area contributed by atoms with Crippen LogP contribution in [0.3, 0.4) is 0 Å². The Morgan fingerprint density at radius 2 is 1.88 bits per heavy atom. The van der Waals surface area contributed by atoms with Gasteiger partial charge in [-0.1, -0.05) is 35.3 Å². The number of aromatic hydroxyl groups is 1. The zero-order valence-corrected chi connectivity index (χ0v) is 14.3. The fraction of sp³-hybridized carbons (Fsp3) is 0.176. The first-order valence-electron chi connectivity index (χ1n) is 7.01. The van der Waals surface area contributed by atoms with Gasteiger partial charge < -0.3 is 14.7 Å². The molecule has 2 aromatic carbocycles. The van der Waals surface area contributed by atoms with E-state index in [9.17, 15) is 14.7 Å². The predicted octanol–water partition coefficient (Wildman–Crippen LogP) is 3.51. The molecule has 0 aliphatic heterocycles. The van der Waals surface area contributed by atoms with E-state index in [2.05, 4.69) is 0 Å². The van der Waals surface area contributed by atoms with Crippen molar-refractivity contribution < 1.29 is 19.4 Å². The van der Waals surface area contributed by atoms with Gasteiger partial charge in [0.25, 0.3) is 5.91 Å². The number of phenolic OH excluding ortho intramolecular Hbond substituents is 1. The molecular weight excluding hydrogens is 353 g/mol. The first-order valence-corrected chi connectivity index (χ1v) is 7.76. The molecule has 0 aliphatic rings. The van der Waals surface area contributed by atoms with Gasteiger partial charge in [0.2, 0.25) is 0 Å². The van der Waals surface area contributed by atoms with Crippen molar-refractivity contribution >= 4 is 35.1 Å². The van der Waals surface area contributed by atoms with Crippen molar-refractivity contribution in [1.29, 1.82) is 0 Å². The van der Waals surface area contributed by atoms with Gasteiger partial charge in [-0.3, -0.25) is 4.79 Å². The number of carbonyl (C=O) groups excluding carboxylic acids is 2. The highest BCUT2D eigenvalue weighted by Crippen LogP contribution is 2.23. The quantitative estimate of drug-likeness (QED) is 0.821. The molecule has 0 spiro atoms. The van der Waals surface area contributed by atoms with Crippen LogP contribution in [0.5, 0.6) is 5.75 Å². The minimum Gasteiger partial charge on any atom is -0.508 e. The number of rotatable bonds is 5. The number of halogens is 2. The third kappa shape index (κ3) is 4.88. The summed E-state index contributed by atoms with van der Waals surface area (Å²) in [7, 11) is 1.59. The number of ether oxygens (including phenoxy) is 1. The zero-order chi connectivity index (χ0) is 17.7. The van der Waals surface area contributed by atoms with E-state index in [0.29, 0.717) is 16.6 Å². The van der Waals surface area contributed by atoms with Crippen LogP contribution in [-0.4, -0.2) is 35.5 Å². The van der Waals surface area contributed by atoms with E-state index in [1.54, 1.807) is 25.2 Å². The van der Waals surface area contributed by atoms with Gasteiger partial charge in [0.1, 0.15) is 5.75 Å². The molecule has 0 atom stereocenters. The maximum atomic E-state index is 12.0. The number of hydrogen-bond donors (Lipinski definition) is 1. The Bertz CT molecular complexity index is 764. The Kier molecular flexibility index (Phi) is 6.06. The molecule has 0 heterocycles. The summed E-state index contributed by atoms with van der Waals surface area (Å²) in [6, 6.07) is 10.8. The second-order valence-electron chi connectivity index (χ2n) is 5.12. The molecule has 126 valence electrons. The summed E-state index contributed by atoms with van der Waals surface area (Å²) in [5.74, 6) is -1.09. The molecule has 0 aliphatic carbocycles. The Balaban J connectivity index is 1.89. The number of nitrogens with zero attached hydrogens (tertiary/aromatic N) is 1. The molecule has 0 radical (unpaired) electrons. The fourth-order valence-electron chi connectivity index (χ4n) is 1.95. The summed E-state index contributed by atoms with van der Waals surface area (Å²) >= 11 is 11.8. The van der Waals surface area contributed by atoms with Crippen molar-refractivity contribution in [1.82, 2.24) is 4.90 Å². The molecule has 0 fully saturated rings. The lowest BCUT2D eigenvalue weighted by Crippen LogP contribution is -2.30. The van der Waals surface area contributed by atoms with Crippen molar-refractivity contribution in [2.75, 3.05) is 13.7 Å². The molecule has 2 rings (SSSR count). The van der Waals surface area contributed by atoms with Crippen LogP contribution in [0.15, 0.2) is 42.5 Å². The zero-order valence-electron chi connectivity index (χ0n) is 12.8. The SMILES string of the molecule is CN(Cc1ccc(Cl)c(Cl)c1)C(=O)COC(=O)c1cccc(O)c1. The van der Waals surface area contributed by atoms with E-state index >= 15 is 0 Å². The van der Waals surface area contributed by atoms with Gasteiger partial charge in [0.05, 0.1) is 15.6 Å². The third-order valence-corrected chi connectivity index (χ3v) is 3.98. The van der Waals surface area contributed by atoms with Crippen LogP contribution >= 0.6 is 23.2 Å². The molecule has 0 saturated heterocycles. The minimum atomic E-state index is -0.679. The summed E-state index contributed by atoms with van der Waals surface area (Å²) in [5, 5.41) is 10.2. The minimum absolute atomic E-state index is 0.0486. The number of likely N-dealkylation sites (N-methyl/N-ethyl adjacent to an activating group) is 1. The second kappa shape index (κ2) is 8.04. The van der Waals surface area contributed by atoms with Gasteiger partial charge in [0.15, 0.2) is 6.61 Å². The number of amides is 1. The predicted molar refractivity (Wildman–Crippen MR) is 91.3 cm³/mol. The average molecular weight is 368 g/mol. The lowest BCUT2D eigenvalue weighted by Gasteiger charge is -2.17. The molecule has 0 saturated carbocycles. The maximum Gasteiger partial charge on any atom is 0.338 e. The Hall–Kier alpha value is -2.24. The standard InChI is InChI=1S/C17H15Cl2NO4/c1-20(9-11-5-6-14(18)15(19)7-11)16(22)10-24-17(23)12-3-2-4-13(21)8-12/h2-8,21H,9-10H2,1H3. The average Bonchev–Trinajstić information content (AvgIpc) is 2.55. The Morgan fingerprint density at radius 1 is 1.12 bits per heavy atom. The smallest absolute Gasteiger partial charge is 0.338 e. The molecule has 0 bridgehead atoms. The first kappa shape index (κ1) is 18.1. The highest BCUT2D eigenvalue weighted by Gasteiger charge is 2.14. The van der Waals surface area contributed by atoms with Gasteiger partial charge in [-0.05, 0) is 35.9 Å². The van der Waals surface area contributed by atoms with E-state index < -0.39 is 12.6 Å². The van der Waals surface area contributed by atoms with Crippen molar-refractivity contribution in [2.45, 2.75) is 6.54 Å². The highest BCUT2D eigenvalue weighted by molar-refractivity contribution is 6.42. The van der Waals surface area contributed by atoms with Crippen molar-refractivity contribution in [2.24, 2.45) is 0 Å². The van der Waals surface area contributed by atoms with E-state index in [0.717, 1.165) is 5.56 Å². The normalized spacial score (nSPS) is 10.3. The lowest BCUT2D eigenvalue weighted by atomic mass is 10.2. The summed E-state index contributed by atoms with van der Waals surface area (Å²) in [5.41, 5.74) is 0.981. The summed E-state index contributed by atoms with van der Waals surface area (Å²) in [6.45, 7) is -0.0916. The van der Waals surface area contributed by atoms with Crippen LogP contribution in [0.1, 0.15) is 15.9 Å². The maximum absolute atomic E-state index is 12.0. The number of phenols is 1. The molecule has 5 nitrogen and oxygen atoms in total. The Labute approximate surface area is 149 Å². The highest BCUT2D eigenvalue weighted by atomic mass is 35.5. The van der Waals surface area contributed by atoms with Crippen LogP contribution < -0.4 is 0 Å². The molecule has 1 N–H and O–H groups in total. The van der Waals surface area contributed by atoms with E-state index in [1.165, 1.54) is 29.2 Å². The molecule has 24 heavy (non-hydrogen) atoms. The lowest BCUT2D eigenvalue weighted by molar-refractivity contribution is -0.133. The molecule has 0 aromatic heterocycles. The largest absolute Gasteiger partial charge is 0.508 e. The molecule has 2 aromatic rings. The first-order chi connectivity index (χ1) is 11.4. The molecule has 1 amide bonds. The number of hydrogen-bond acceptors (Lipinski definition) is 4. The van der Waals surface area contributed by atoms with Crippen LogP contribution in [0.25, 0.3) is 0 Å². The van der Waals surface area contributed by atoms with E-state index in [1.807, 2.05) is 0 Å². The number of benzene rings is 2. The molecular formula is C17H15Cl2NO4. The van der Waals surface area contributed by atoms with E-state index in [4.69, 9.17) is 27.9 Å². The third-order valence-electron chi connectivity index (χ3n) is 3.24.